The fraction of sp³-hybridized carbons (Fsp3) is 0.333. The molecule has 0 aromatic heterocycles. The summed E-state index contributed by atoms with van der Waals surface area (Å²) in [7, 11) is 1.20. The highest BCUT2D eigenvalue weighted by molar-refractivity contribution is 5.75. The molecule has 0 amide bonds. The molecule has 0 aliphatic carbocycles. The maximum Gasteiger partial charge on any atom is 0.310 e. The highest BCUT2D eigenvalue weighted by atomic mass is 16.6. The van der Waals surface area contributed by atoms with Crippen LogP contribution in [0.15, 0.2) is 12.1 Å². The van der Waals surface area contributed by atoms with Crippen LogP contribution in [-0.4, -0.2) is 18.0 Å². The zero-order valence-electron chi connectivity index (χ0n) is 10.1. The van der Waals surface area contributed by atoms with E-state index in [4.69, 9.17) is 5.26 Å². The molecule has 0 fully saturated rings. The van der Waals surface area contributed by atoms with E-state index in [1.54, 1.807) is 6.07 Å². The van der Waals surface area contributed by atoms with Crippen LogP contribution in [0.5, 0.6) is 0 Å². The number of nitriles is 1. The Morgan fingerprint density at radius 1 is 1.56 bits per heavy atom. The Labute approximate surface area is 104 Å². The molecule has 0 atom stereocenters. The number of ether oxygens (including phenoxy) is 1. The first kappa shape index (κ1) is 13.6. The first-order valence-electron chi connectivity index (χ1n) is 5.30. The van der Waals surface area contributed by atoms with E-state index in [1.165, 1.54) is 13.2 Å². The molecule has 0 saturated carbocycles. The molecule has 0 heterocycles. The maximum absolute atomic E-state index is 11.2. The molecule has 18 heavy (non-hydrogen) atoms. The standard InChI is InChI=1S/C12H12N2O4/c1-3-8-4-9(7-13)10(6-12(15)18-2)11(5-8)14(16)17/h4-5H,3,6H2,1-2H3. The van der Waals surface area contributed by atoms with E-state index in [0.29, 0.717) is 12.0 Å². The number of benzene rings is 1. The van der Waals surface area contributed by atoms with Gasteiger partial charge in [0.1, 0.15) is 0 Å². The van der Waals surface area contributed by atoms with Gasteiger partial charge in [0, 0.05) is 6.07 Å². The van der Waals surface area contributed by atoms with Gasteiger partial charge in [0.15, 0.2) is 0 Å². The van der Waals surface area contributed by atoms with Crippen molar-refractivity contribution in [2.24, 2.45) is 0 Å². The van der Waals surface area contributed by atoms with Crippen molar-refractivity contribution in [1.82, 2.24) is 0 Å². The summed E-state index contributed by atoms with van der Waals surface area (Å²) in [6.45, 7) is 1.83. The number of carbonyl (C=O) groups excluding carboxylic acids is 1. The summed E-state index contributed by atoms with van der Waals surface area (Å²) in [6.07, 6.45) is 0.299. The molecule has 0 radical (unpaired) electrons. The minimum Gasteiger partial charge on any atom is -0.469 e. The summed E-state index contributed by atoms with van der Waals surface area (Å²) < 4.78 is 4.47. The predicted molar refractivity (Wildman–Crippen MR) is 62.9 cm³/mol. The largest absolute Gasteiger partial charge is 0.469 e. The number of nitro groups is 1. The SMILES string of the molecule is CCc1cc(C#N)c(CC(=O)OC)c([N+](=O)[O-])c1. The van der Waals surface area contributed by atoms with Crippen LogP contribution in [0, 0.1) is 21.4 Å². The monoisotopic (exact) mass is 248 g/mol. The summed E-state index contributed by atoms with van der Waals surface area (Å²) in [5.41, 5.74) is 0.723. The Balaban J connectivity index is 3.40. The number of methoxy groups -OCH3 is 1. The molecule has 0 aliphatic heterocycles. The summed E-state index contributed by atoms with van der Waals surface area (Å²) in [4.78, 5) is 21.6. The summed E-state index contributed by atoms with van der Waals surface area (Å²) in [5.74, 6) is -0.612. The molecular formula is C12H12N2O4. The molecule has 0 N–H and O–H groups in total. The van der Waals surface area contributed by atoms with Gasteiger partial charge in [-0.1, -0.05) is 6.92 Å². The van der Waals surface area contributed by atoms with Crippen LogP contribution in [0.3, 0.4) is 0 Å². The lowest BCUT2D eigenvalue weighted by Crippen LogP contribution is -2.09. The number of nitrogens with zero attached hydrogens (tertiary/aromatic N) is 2. The van der Waals surface area contributed by atoms with Crippen molar-refractivity contribution >= 4 is 11.7 Å². The first-order valence-corrected chi connectivity index (χ1v) is 5.30. The zero-order chi connectivity index (χ0) is 13.7. The van der Waals surface area contributed by atoms with E-state index in [2.05, 4.69) is 4.74 Å². The van der Waals surface area contributed by atoms with Crippen LogP contribution in [-0.2, 0) is 22.4 Å². The predicted octanol–water partition coefficient (Wildman–Crippen LogP) is 1.74. The first-order chi connectivity index (χ1) is 8.53. The molecule has 6 heteroatoms. The Hall–Kier alpha value is -2.42. The highest BCUT2D eigenvalue weighted by Gasteiger charge is 2.22. The van der Waals surface area contributed by atoms with Crippen molar-refractivity contribution in [1.29, 1.82) is 5.26 Å². The van der Waals surface area contributed by atoms with Crippen LogP contribution >= 0.6 is 0 Å². The Kier molecular flexibility index (Phi) is 4.38. The molecule has 1 aromatic carbocycles. The summed E-state index contributed by atoms with van der Waals surface area (Å²) >= 11 is 0. The molecule has 0 saturated heterocycles. The number of rotatable bonds is 4. The van der Waals surface area contributed by atoms with E-state index in [1.807, 2.05) is 13.0 Å². The van der Waals surface area contributed by atoms with Crippen molar-refractivity contribution in [3.05, 3.63) is 38.9 Å². The van der Waals surface area contributed by atoms with Gasteiger partial charge < -0.3 is 4.74 Å². The van der Waals surface area contributed by atoms with Gasteiger partial charge in [0.05, 0.1) is 35.7 Å². The number of hydrogen-bond acceptors (Lipinski definition) is 5. The number of hydrogen-bond donors (Lipinski definition) is 0. The second-order valence-electron chi connectivity index (χ2n) is 3.62. The fourth-order valence-corrected chi connectivity index (χ4v) is 1.58. The number of aryl methyl sites for hydroxylation is 1. The average Bonchev–Trinajstić information content (AvgIpc) is 2.38. The van der Waals surface area contributed by atoms with Crippen molar-refractivity contribution in [3.8, 4) is 6.07 Å². The van der Waals surface area contributed by atoms with Crippen LogP contribution < -0.4 is 0 Å². The van der Waals surface area contributed by atoms with Gasteiger partial charge >= 0.3 is 5.97 Å². The Morgan fingerprint density at radius 2 is 2.22 bits per heavy atom. The van der Waals surface area contributed by atoms with Gasteiger partial charge in [0.25, 0.3) is 5.69 Å². The maximum atomic E-state index is 11.2. The molecule has 0 unspecified atom stereocenters. The third-order valence-electron chi connectivity index (χ3n) is 2.56. The number of esters is 1. The van der Waals surface area contributed by atoms with Crippen molar-refractivity contribution < 1.29 is 14.5 Å². The van der Waals surface area contributed by atoms with Gasteiger partial charge in [0.2, 0.25) is 0 Å². The van der Waals surface area contributed by atoms with Gasteiger partial charge in [-0.05, 0) is 18.1 Å². The van der Waals surface area contributed by atoms with Gasteiger partial charge in [-0.15, -0.1) is 0 Å². The highest BCUT2D eigenvalue weighted by Crippen LogP contribution is 2.25. The molecule has 1 aromatic rings. The number of carbonyl (C=O) groups is 1. The van der Waals surface area contributed by atoms with Crippen LogP contribution in [0.25, 0.3) is 0 Å². The molecular weight excluding hydrogens is 236 g/mol. The van der Waals surface area contributed by atoms with Crippen molar-refractivity contribution in [3.63, 3.8) is 0 Å². The Morgan fingerprint density at radius 3 is 2.67 bits per heavy atom. The fourth-order valence-electron chi connectivity index (χ4n) is 1.58. The molecule has 0 spiro atoms. The third-order valence-corrected chi connectivity index (χ3v) is 2.56. The molecule has 0 bridgehead atoms. The van der Waals surface area contributed by atoms with Gasteiger partial charge in [-0.25, -0.2) is 0 Å². The van der Waals surface area contributed by atoms with E-state index in [-0.39, 0.29) is 23.2 Å². The lowest BCUT2D eigenvalue weighted by molar-refractivity contribution is -0.385. The van der Waals surface area contributed by atoms with Gasteiger partial charge in [-0.2, -0.15) is 5.26 Å². The van der Waals surface area contributed by atoms with Crippen molar-refractivity contribution in [2.75, 3.05) is 7.11 Å². The topological polar surface area (TPSA) is 93.2 Å². The van der Waals surface area contributed by atoms with Crippen molar-refractivity contribution in [2.45, 2.75) is 19.8 Å². The lowest BCUT2D eigenvalue weighted by Gasteiger charge is -2.06. The zero-order valence-corrected chi connectivity index (χ0v) is 10.1. The molecule has 0 aliphatic rings. The lowest BCUT2D eigenvalue weighted by atomic mass is 9.99. The van der Waals surface area contributed by atoms with E-state index in [0.717, 1.165) is 0 Å². The second-order valence-corrected chi connectivity index (χ2v) is 3.62. The summed E-state index contributed by atoms with van der Waals surface area (Å²) in [6, 6.07) is 4.83. The summed E-state index contributed by atoms with van der Waals surface area (Å²) in [5, 5.41) is 20.0. The number of nitro benzene ring substituents is 1. The Bertz CT molecular complexity index is 532. The van der Waals surface area contributed by atoms with Crippen LogP contribution in [0.2, 0.25) is 0 Å². The minimum atomic E-state index is -0.612. The van der Waals surface area contributed by atoms with Crippen LogP contribution in [0.1, 0.15) is 23.6 Å². The van der Waals surface area contributed by atoms with E-state index in [9.17, 15) is 14.9 Å². The molecule has 1 rings (SSSR count). The smallest absolute Gasteiger partial charge is 0.310 e. The normalized spacial score (nSPS) is 9.61. The van der Waals surface area contributed by atoms with E-state index < -0.39 is 10.9 Å². The van der Waals surface area contributed by atoms with Gasteiger partial charge in [-0.3, -0.25) is 14.9 Å². The third kappa shape index (κ3) is 2.83. The van der Waals surface area contributed by atoms with E-state index >= 15 is 0 Å². The second kappa shape index (κ2) is 5.77. The average molecular weight is 248 g/mol. The minimum absolute atomic E-state index is 0.103. The molecule has 94 valence electrons. The van der Waals surface area contributed by atoms with Crippen LogP contribution in [0.4, 0.5) is 5.69 Å². The molecule has 6 nitrogen and oxygen atoms in total. The quantitative estimate of drug-likeness (QED) is 0.459.